The topological polar surface area (TPSA) is 187 Å². The first-order valence-corrected chi connectivity index (χ1v) is 11.8. The molecular formula is C17H34NO11P. The van der Waals surface area contributed by atoms with Gasteiger partial charge >= 0.3 is 7.60 Å². The van der Waals surface area contributed by atoms with Crippen LogP contribution in [0.4, 0.5) is 0 Å². The Labute approximate surface area is 175 Å². The lowest BCUT2D eigenvalue weighted by Crippen LogP contribution is -2.64. The molecule has 0 aromatic carbocycles. The molecule has 30 heavy (non-hydrogen) atoms. The normalized spacial score (nSPS) is 43.9. The zero-order valence-corrected chi connectivity index (χ0v) is 18.4. The van der Waals surface area contributed by atoms with Gasteiger partial charge in [-0.05, 0) is 20.9 Å². The Balaban J connectivity index is 2.06. The van der Waals surface area contributed by atoms with Gasteiger partial charge in [-0.2, -0.15) is 0 Å². The number of rotatable bonds is 9. The minimum Gasteiger partial charge on any atom is -0.394 e. The van der Waals surface area contributed by atoms with E-state index in [0.29, 0.717) is 0 Å². The molecule has 2 rings (SSSR count). The Bertz CT molecular complexity index is 612. The minimum atomic E-state index is -3.81. The lowest BCUT2D eigenvalue weighted by atomic mass is 9.89. The van der Waals surface area contributed by atoms with Crippen molar-refractivity contribution in [3.63, 3.8) is 0 Å². The maximum absolute atomic E-state index is 12.9. The number of aliphatic hydroxyl groups excluding tert-OH is 6. The SMILES string of the molecule is CNC1C(O)CC(C)(OP(C)(=O)OCC2OC(C)C(O)C2O)OC1[C@H](O)[C@H](O)CO. The maximum Gasteiger partial charge on any atom is 0.330 e. The molecule has 12 nitrogen and oxygen atoms in total. The summed E-state index contributed by atoms with van der Waals surface area (Å²) in [5.74, 6) is -1.65. The van der Waals surface area contributed by atoms with E-state index >= 15 is 0 Å². The molecule has 0 bridgehead atoms. The van der Waals surface area contributed by atoms with Crippen molar-refractivity contribution in [3.8, 4) is 0 Å². The van der Waals surface area contributed by atoms with E-state index in [1.807, 2.05) is 0 Å². The molecule has 178 valence electrons. The van der Waals surface area contributed by atoms with Gasteiger partial charge in [0.15, 0.2) is 5.79 Å². The van der Waals surface area contributed by atoms with Crippen molar-refractivity contribution in [1.82, 2.24) is 5.32 Å². The highest BCUT2D eigenvalue weighted by Gasteiger charge is 2.50. The van der Waals surface area contributed by atoms with Crippen LogP contribution in [0.2, 0.25) is 0 Å². The van der Waals surface area contributed by atoms with Crippen molar-refractivity contribution in [1.29, 1.82) is 0 Å². The molecule has 0 amide bonds. The molecule has 0 aromatic heterocycles. The molecule has 9 unspecified atom stereocenters. The second kappa shape index (κ2) is 10.2. The van der Waals surface area contributed by atoms with Crippen LogP contribution in [0.25, 0.3) is 0 Å². The first-order valence-electron chi connectivity index (χ1n) is 9.78. The number of likely N-dealkylation sites (N-methyl/N-ethyl adjacent to an activating group) is 1. The van der Waals surface area contributed by atoms with E-state index < -0.39 is 74.9 Å². The van der Waals surface area contributed by atoms with E-state index in [-0.39, 0.29) is 13.0 Å². The molecule has 0 aromatic rings. The molecule has 0 aliphatic carbocycles. The fourth-order valence-corrected chi connectivity index (χ4v) is 5.11. The number of aliphatic hydroxyl groups is 6. The molecule has 2 heterocycles. The Hall–Kier alpha value is -0.210. The van der Waals surface area contributed by atoms with Crippen molar-refractivity contribution in [2.45, 2.75) is 80.9 Å². The smallest absolute Gasteiger partial charge is 0.330 e. The van der Waals surface area contributed by atoms with E-state index in [0.717, 1.165) is 0 Å². The number of ether oxygens (including phenoxy) is 2. The Morgan fingerprint density at radius 1 is 1.27 bits per heavy atom. The van der Waals surface area contributed by atoms with E-state index in [9.17, 15) is 30.1 Å². The highest BCUT2D eigenvalue weighted by Crippen LogP contribution is 2.51. The minimum absolute atomic E-state index is 0.129. The van der Waals surface area contributed by atoms with Crippen molar-refractivity contribution in [3.05, 3.63) is 0 Å². The monoisotopic (exact) mass is 459 g/mol. The van der Waals surface area contributed by atoms with Crippen LogP contribution in [0, 0.1) is 0 Å². The summed E-state index contributed by atoms with van der Waals surface area (Å²) in [5, 5.41) is 62.2. The molecule has 2 aliphatic rings. The lowest BCUT2D eigenvalue weighted by molar-refractivity contribution is -0.282. The first kappa shape index (κ1) is 26.0. The summed E-state index contributed by atoms with van der Waals surface area (Å²) in [6.45, 7) is 3.11. The van der Waals surface area contributed by atoms with Crippen LogP contribution in [-0.2, 0) is 23.1 Å². The lowest BCUT2D eigenvalue weighted by Gasteiger charge is -2.47. The predicted molar refractivity (Wildman–Crippen MR) is 103 cm³/mol. The van der Waals surface area contributed by atoms with Gasteiger partial charge in [-0.1, -0.05) is 0 Å². The van der Waals surface area contributed by atoms with E-state index in [1.54, 1.807) is 6.92 Å². The Kier molecular flexibility index (Phi) is 8.82. The number of hydrogen-bond donors (Lipinski definition) is 7. The average molecular weight is 459 g/mol. The Morgan fingerprint density at radius 2 is 1.90 bits per heavy atom. The van der Waals surface area contributed by atoms with Crippen LogP contribution in [0.3, 0.4) is 0 Å². The van der Waals surface area contributed by atoms with Crippen molar-refractivity contribution in [2.24, 2.45) is 0 Å². The second-order valence-electron chi connectivity index (χ2n) is 8.06. The quantitative estimate of drug-likeness (QED) is 0.180. The van der Waals surface area contributed by atoms with Gasteiger partial charge in [0, 0.05) is 13.1 Å². The van der Waals surface area contributed by atoms with Gasteiger partial charge in [-0.15, -0.1) is 0 Å². The van der Waals surface area contributed by atoms with Crippen LogP contribution in [0.15, 0.2) is 0 Å². The fraction of sp³-hybridized carbons (Fsp3) is 1.00. The van der Waals surface area contributed by atoms with E-state index in [2.05, 4.69) is 5.32 Å². The van der Waals surface area contributed by atoms with Gasteiger partial charge in [0.05, 0.1) is 31.5 Å². The molecule has 2 aliphatic heterocycles. The molecule has 0 spiro atoms. The average Bonchev–Trinajstić information content (AvgIpc) is 2.90. The summed E-state index contributed by atoms with van der Waals surface area (Å²) in [6.07, 6.45) is -9.33. The third kappa shape index (κ3) is 5.97. The van der Waals surface area contributed by atoms with Crippen molar-refractivity contribution >= 4 is 7.60 Å². The van der Waals surface area contributed by atoms with Crippen molar-refractivity contribution in [2.75, 3.05) is 26.9 Å². The van der Waals surface area contributed by atoms with E-state index in [4.69, 9.17) is 23.6 Å². The highest BCUT2D eigenvalue weighted by molar-refractivity contribution is 7.53. The van der Waals surface area contributed by atoms with Gasteiger partial charge in [0.2, 0.25) is 0 Å². The van der Waals surface area contributed by atoms with E-state index in [1.165, 1.54) is 20.6 Å². The zero-order chi connectivity index (χ0) is 22.9. The zero-order valence-electron chi connectivity index (χ0n) is 17.5. The summed E-state index contributed by atoms with van der Waals surface area (Å²) in [4.78, 5) is 0. The van der Waals surface area contributed by atoms with Crippen LogP contribution in [-0.4, -0.2) is 118 Å². The van der Waals surface area contributed by atoms with Crippen molar-refractivity contribution < 1.29 is 53.7 Å². The van der Waals surface area contributed by atoms with Crippen LogP contribution in [0.1, 0.15) is 20.3 Å². The number of hydrogen-bond acceptors (Lipinski definition) is 12. The second-order valence-corrected chi connectivity index (χ2v) is 10.0. The van der Waals surface area contributed by atoms with Crippen LogP contribution in [0.5, 0.6) is 0 Å². The summed E-state index contributed by atoms with van der Waals surface area (Å²) in [6, 6.07) is -0.792. The van der Waals surface area contributed by atoms with Gasteiger partial charge < -0.3 is 50.0 Å². The molecule has 0 saturated carbocycles. The Morgan fingerprint density at radius 3 is 2.40 bits per heavy atom. The molecule has 7 N–H and O–H groups in total. The maximum atomic E-state index is 12.9. The molecule has 13 heteroatoms. The molecule has 11 atom stereocenters. The van der Waals surface area contributed by atoms with Gasteiger partial charge in [0.25, 0.3) is 0 Å². The van der Waals surface area contributed by atoms with Crippen LogP contribution >= 0.6 is 7.60 Å². The molecule has 2 fully saturated rings. The third-order valence-electron chi connectivity index (χ3n) is 5.42. The third-order valence-corrected chi connectivity index (χ3v) is 6.75. The number of nitrogens with one attached hydrogen (secondary N) is 1. The molecular weight excluding hydrogens is 425 g/mol. The summed E-state index contributed by atoms with van der Waals surface area (Å²) < 4.78 is 34.8. The van der Waals surface area contributed by atoms with Gasteiger partial charge in [0.1, 0.15) is 36.6 Å². The predicted octanol–water partition coefficient (Wildman–Crippen LogP) is -2.48. The van der Waals surface area contributed by atoms with Gasteiger partial charge in [-0.25, -0.2) is 0 Å². The standard InChI is InChI=1S/C17H34NO11P/c1-8-13(22)15(24)11(27-8)7-26-30(4,25)29-17(2)5-9(20)12(18-3)16(28-17)14(23)10(21)6-19/h8-16,18-24H,5-7H2,1-4H3/t8?,9?,10-,11?,12?,13?,14-,15?,16?,17?,30?/m1/s1. The molecule has 2 saturated heterocycles. The van der Waals surface area contributed by atoms with Crippen LogP contribution < -0.4 is 5.32 Å². The summed E-state index contributed by atoms with van der Waals surface area (Å²) in [7, 11) is -2.28. The largest absolute Gasteiger partial charge is 0.394 e. The molecule has 0 radical (unpaired) electrons. The first-order chi connectivity index (χ1) is 13.8. The highest BCUT2D eigenvalue weighted by atomic mass is 31.2. The summed E-state index contributed by atoms with van der Waals surface area (Å²) >= 11 is 0. The summed E-state index contributed by atoms with van der Waals surface area (Å²) in [5.41, 5.74) is 0. The fourth-order valence-electron chi connectivity index (χ4n) is 3.82. The van der Waals surface area contributed by atoms with Gasteiger partial charge in [-0.3, -0.25) is 9.09 Å².